The third-order valence-electron chi connectivity index (χ3n) is 0.0962. The fraction of sp³-hybridized carbons (Fsp3) is 0. The lowest BCUT2D eigenvalue weighted by atomic mass is 10.8. The van der Waals surface area contributed by atoms with Crippen molar-refractivity contribution in [1.82, 2.24) is 0 Å². The van der Waals surface area contributed by atoms with Crippen molar-refractivity contribution in [1.29, 1.82) is 0 Å². The number of allylic oxidation sites excluding steroid dienone is 1. The lowest BCUT2D eigenvalue weighted by Crippen LogP contribution is -1.44. The van der Waals surface area contributed by atoms with Crippen molar-refractivity contribution in [2.24, 2.45) is 0 Å². The van der Waals surface area contributed by atoms with Gasteiger partial charge in [-0.1, -0.05) is 6.58 Å². The van der Waals surface area contributed by atoms with Gasteiger partial charge in [-0.25, -0.2) is 0 Å². The number of carbonyl (C=O) groups excluding carboxylic acids is 1. The van der Waals surface area contributed by atoms with Crippen molar-refractivity contribution in [2.75, 3.05) is 0 Å². The van der Waals surface area contributed by atoms with Crippen LogP contribution in [0.25, 0.3) is 0 Å². The summed E-state index contributed by atoms with van der Waals surface area (Å²) in [5.74, 6) is 0. The van der Waals surface area contributed by atoms with E-state index in [-0.39, 0.29) is 11.0 Å². The quantitative estimate of drug-likeness (QED) is 0.226. The smallest absolute Gasteiger partial charge is 0.142 e. The molecule has 0 aromatic heterocycles. The van der Waals surface area contributed by atoms with Gasteiger partial charge >= 0.3 is 0 Å². The average molecular weight is 88.2 g/mol. The summed E-state index contributed by atoms with van der Waals surface area (Å²) in [4.78, 5) is 9.06. The first-order valence-electron chi connectivity index (χ1n) is 0.977. The molecule has 1 nitrogen and oxygen atoms in total. The molecule has 0 aliphatic heterocycles. The van der Waals surface area contributed by atoms with E-state index in [0.29, 0.717) is 6.29 Å². The highest BCUT2D eigenvalue weighted by Gasteiger charge is 1.38. The molecule has 0 unspecified atom stereocenters. The largest absolute Gasteiger partial charge is 0.299 e. The second-order valence-electron chi connectivity index (χ2n) is 0.372. The molecule has 0 N–H and O–H groups in total. The van der Waals surface area contributed by atoms with E-state index in [1.807, 2.05) is 0 Å². The molecular formula is C3H8OSi. The van der Waals surface area contributed by atoms with Crippen LogP contribution in [0, 0.1) is 0 Å². The van der Waals surface area contributed by atoms with Crippen LogP contribution < -0.4 is 0 Å². The molecule has 30 valence electrons. The summed E-state index contributed by atoms with van der Waals surface area (Å²) in [5, 5.41) is 0. The molecule has 0 fully saturated rings. The molecule has 0 saturated heterocycles. The summed E-state index contributed by atoms with van der Waals surface area (Å²) in [7, 11) is 0. The molecule has 2 heteroatoms. The van der Waals surface area contributed by atoms with E-state index in [9.17, 15) is 0 Å². The van der Waals surface area contributed by atoms with Crippen LogP contribution >= 0.6 is 0 Å². The van der Waals surface area contributed by atoms with Crippen molar-refractivity contribution in [3.8, 4) is 0 Å². The maximum absolute atomic E-state index is 9.06. The van der Waals surface area contributed by atoms with Crippen LogP contribution in [0.5, 0.6) is 0 Å². The Kier molecular flexibility index (Phi) is 16.7. The number of hydrogen-bond acceptors (Lipinski definition) is 1. The summed E-state index contributed by atoms with van der Waals surface area (Å²) >= 11 is 0. The van der Waals surface area contributed by atoms with Gasteiger partial charge in [-0.3, -0.25) is 4.79 Å². The maximum Gasteiger partial charge on any atom is 0.142 e. The highest BCUT2D eigenvalue weighted by Crippen LogP contribution is 1.35. The first-order chi connectivity index (χ1) is 1.91. The Labute approximate surface area is 35.7 Å². The standard InChI is InChI=1S/C3H4O.H4Si/c1-2-3-4;/h2-3H,1H2;1H4. The Morgan fingerprint density at radius 1 is 1.60 bits per heavy atom. The van der Waals surface area contributed by atoms with E-state index in [2.05, 4.69) is 6.58 Å². The Morgan fingerprint density at radius 2 is 1.80 bits per heavy atom. The molecule has 0 spiro atoms. The average Bonchev–Trinajstić information content (AvgIpc) is 1.37. The molecule has 0 amide bonds. The van der Waals surface area contributed by atoms with Crippen LogP contribution in [0.4, 0.5) is 0 Å². The summed E-state index contributed by atoms with van der Waals surface area (Å²) in [5.41, 5.74) is 0. The van der Waals surface area contributed by atoms with Crippen LogP contribution in [-0.4, -0.2) is 17.3 Å². The molecule has 0 aliphatic rings. The van der Waals surface area contributed by atoms with Gasteiger partial charge in [0.2, 0.25) is 0 Å². The predicted octanol–water partition coefficient (Wildman–Crippen LogP) is -1.08. The van der Waals surface area contributed by atoms with Crippen LogP contribution in [0.15, 0.2) is 12.7 Å². The number of hydrogen-bond donors (Lipinski definition) is 0. The van der Waals surface area contributed by atoms with Crippen molar-refractivity contribution < 1.29 is 4.79 Å². The van der Waals surface area contributed by atoms with Crippen molar-refractivity contribution in [3.05, 3.63) is 12.7 Å². The second kappa shape index (κ2) is 9.46. The molecule has 0 aliphatic carbocycles. The van der Waals surface area contributed by atoms with E-state index in [0.717, 1.165) is 0 Å². The van der Waals surface area contributed by atoms with Gasteiger partial charge in [0.1, 0.15) is 6.29 Å². The fourth-order valence-corrected chi connectivity index (χ4v) is 0. The van der Waals surface area contributed by atoms with E-state index in [4.69, 9.17) is 4.79 Å². The summed E-state index contributed by atoms with van der Waals surface area (Å²) in [6.07, 6.45) is 1.83. The summed E-state index contributed by atoms with van der Waals surface area (Å²) in [6, 6.07) is 0. The number of aldehydes is 1. The predicted molar refractivity (Wildman–Crippen MR) is 27.6 cm³/mol. The zero-order chi connectivity index (χ0) is 3.41. The van der Waals surface area contributed by atoms with Crippen LogP contribution in [0.3, 0.4) is 0 Å². The van der Waals surface area contributed by atoms with E-state index in [1.54, 1.807) is 0 Å². The Morgan fingerprint density at radius 3 is 1.80 bits per heavy atom. The van der Waals surface area contributed by atoms with Crippen LogP contribution in [0.2, 0.25) is 0 Å². The Balaban J connectivity index is 0. The molecule has 0 heterocycles. The van der Waals surface area contributed by atoms with E-state index >= 15 is 0 Å². The van der Waals surface area contributed by atoms with Gasteiger partial charge in [-0.05, 0) is 17.0 Å². The lowest BCUT2D eigenvalue weighted by molar-refractivity contribution is -0.104. The van der Waals surface area contributed by atoms with Gasteiger partial charge in [0.05, 0.1) is 0 Å². The van der Waals surface area contributed by atoms with Crippen molar-refractivity contribution in [2.45, 2.75) is 0 Å². The number of rotatable bonds is 1. The molecule has 0 atom stereocenters. The zero-order valence-corrected chi connectivity index (χ0v) is 2.27. The van der Waals surface area contributed by atoms with E-state index in [1.165, 1.54) is 6.08 Å². The monoisotopic (exact) mass is 88.0 g/mol. The number of carbonyl (C=O) groups is 1. The molecular weight excluding hydrogens is 80.1 g/mol. The van der Waals surface area contributed by atoms with Gasteiger partial charge in [-0.2, -0.15) is 0 Å². The first-order valence-corrected chi connectivity index (χ1v) is 0.977. The molecule has 0 aromatic rings. The van der Waals surface area contributed by atoms with Gasteiger partial charge in [-0.15, -0.1) is 0 Å². The SMILES string of the molecule is C=CC=O.[SiH4]. The minimum atomic E-state index is 0. The zero-order valence-electron chi connectivity index (χ0n) is 2.27. The van der Waals surface area contributed by atoms with Gasteiger partial charge in [0.25, 0.3) is 0 Å². The minimum Gasteiger partial charge on any atom is -0.299 e. The van der Waals surface area contributed by atoms with Crippen LogP contribution in [0.1, 0.15) is 0 Å². The highest BCUT2D eigenvalue weighted by molar-refractivity contribution is 5.75. The van der Waals surface area contributed by atoms with Gasteiger partial charge < -0.3 is 0 Å². The first kappa shape index (κ1) is 8.82. The topological polar surface area (TPSA) is 17.1 Å². The molecule has 0 radical (unpaired) electrons. The summed E-state index contributed by atoms with van der Waals surface area (Å²) in [6.45, 7) is 3.11. The fourth-order valence-electron chi connectivity index (χ4n) is 0. The van der Waals surface area contributed by atoms with Crippen LogP contribution in [-0.2, 0) is 4.79 Å². The third-order valence-corrected chi connectivity index (χ3v) is 0.0962. The van der Waals surface area contributed by atoms with Gasteiger partial charge in [0, 0.05) is 0 Å². The molecule has 0 aromatic carbocycles. The lowest BCUT2D eigenvalue weighted by Gasteiger charge is -1.37. The highest BCUT2D eigenvalue weighted by atomic mass is 28.1. The molecule has 0 bridgehead atoms. The van der Waals surface area contributed by atoms with Crippen molar-refractivity contribution in [3.63, 3.8) is 0 Å². The molecule has 0 rings (SSSR count). The van der Waals surface area contributed by atoms with E-state index < -0.39 is 0 Å². The third kappa shape index (κ3) is 24.4. The van der Waals surface area contributed by atoms with Gasteiger partial charge in [0.15, 0.2) is 0 Å². The Bertz CT molecular complexity index is 27.9. The minimum absolute atomic E-state index is 0. The normalized spacial score (nSPS) is 4.00. The molecule has 5 heavy (non-hydrogen) atoms. The summed E-state index contributed by atoms with van der Waals surface area (Å²) < 4.78 is 0. The maximum atomic E-state index is 9.06. The second-order valence-corrected chi connectivity index (χ2v) is 0.372. The molecule has 0 saturated carbocycles. The van der Waals surface area contributed by atoms with Crippen molar-refractivity contribution >= 4 is 17.3 Å². The Hall–Kier alpha value is -0.373.